The van der Waals surface area contributed by atoms with Crippen LogP contribution < -0.4 is 11.2 Å². The number of fused-ring (bicyclic) bond motifs is 1. The minimum atomic E-state index is -1.24. The van der Waals surface area contributed by atoms with Crippen LogP contribution in [0, 0.1) is 6.92 Å². The topological polar surface area (TPSA) is 86.2 Å². The van der Waals surface area contributed by atoms with Crippen LogP contribution >= 0.6 is 23.1 Å². The second-order valence-corrected chi connectivity index (χ2v) is 10.2. The maximum atomic E-state index is 13.4. The maximum absolute atomic E-state index is 13.4. The molecule has 3 aromatic heterocycles. The Morgan fingerprint density at radius 3 is 2.33 bits per heavy atom. The van der Waals surface area contributed by atoms with Crippen molar-refractivity contribution in [1.29, 1.82) is 0 Å². The van der Waals surface area contributed by atoms with Gasteiger partial charge >= 0.3 is 11.7 Å². The molecule has 0 radical (unpaired) electrons. The molecule has 0 spiro atoms. The minimum Gasteiger partial charge on any atom is -0.480 e. The van der Waals surface area contributed by atoms with Gasteiger partial charge in [-0.05, 0) is 60.2 Å². The highest BCUT2D eigenvalue weighted by Gasteiger charge is 2.22. The molecule has 182 valence electrons. The van der Waals surface area contributed by atoms with Gasteiger partial charge in [0.2, 0.25) is 0 Å². The van der Waals surface area contributed by atoms with Crippen molar-refractivity contribution in [1.82, 2.24) is 13.7 Å². The third-order valence-electron chi connectivity index (χ3n) is 6.14. The lowest BCUT2D eigenvalue weighted by Crippen LogP contribution is -2.41. The molecular weight excluding hydrogens is 494 g/mol. The molecule has 36 heavy (non-hydrogen) atoms. The highest BCUT2D eigenvalue weighted by Crippen LogP contribution is 2.37. The van der Waals surface area contributed by atoms with Gasteiger partial charge in [0.25, 0.3) is 5.56 Å². The van der Waals surface area contributed by atoms with E-state index < -0.39 is 23.8 Å². The number of aryl methyl sites for hydroxylation is 1. The van der Waals surface area contributed by atoms with E-state index in [1.54, 1.807) is 11.8 Å². The van der Waals surface area contributed by atoms with Crippen molar-refractivity contribution in [3.63, 3.8) is 0 Å². The number of aliphatic carboxylic acids is 1. The summed E-state index contributed by atoms with van der Waals surface area (Å²) in [5.41, 5.74) is 2.41. The lowest BCUT2D eigenvalue weighted by atomic mass is 10.1. The third kappa shape index (κ3) is 4.20. The second-order valence-electron chi connectivity index (χ2n) is 8.34. The number of nitrogens with zero attached hydrogens (tertiary/aromatic N) is 3. The number of carboxylic acid groups (broad SMARTS) is 1. The van der Waals surface area contributed by atoms with Gasteiger partial charge in [-0.1, -0.05) is 30.3 Å². The molecule has 5 rings (SSSR count). The molecular formula is C27H23N3O4S2. The highest BCUT2D eigenvalue weighted by molar-refractivity contribution is 7.98. The first-order chi connectivity index (χ1) is 17.4. The summed E-state index contributed by atoms with van der Waals surface area (Å²) in [6, 6.07) is 19.7. The van der Waals surface area contributed by atoms with Crippen LogP contribution in [0.3, 0.4) is 0 Å². The summed E-state index contributed by atoms with van der Waals surface area (Å²) in [7, 11) is 0. The van der Waals surface area contributed by atoms with Gasteiger partial charge < -0.3 is 9.67 Å². The third-order valence-corrected chi connectivity index (χ3v) is 8.34. The van der Waals surface area contributed by atoms with E-state index in [9.17, 15) is 19.5 Å². The Hall–Kier alpha value is -3.82. The monoisotopic (exact) mass is 517 g/mol. The molecule has 1 N–H and O–H groups in total. The van der Waals surface area contributed by atoms with Gasteiger partial charge in [-0.15, -0.1) is 23.1 Å². The van der Waals surface area contributed by atoms with Gasteiger partial charge in [0.05, 0.1) is 11.9 Å². The minimum absolute atomic E-state index is 0.234. The van der Waals surface area contributed by atoms with Crippen molar-refractivity contribution in [2.75, 3.05) is 6.26 Å². The van der Waals surface area contributed by atoms with Crippen LogP contribution in [0.25, 0.3) is 26.3 Å². The van der Waals surface area contributed by atoms with Crippen molar-refractivity contribution in [3.8, 4) is 16.1 Å². The molecule has 0 fully saturated rings. The molecule has 0 amide bonds. The first kappa shape index (κ1) is 23.9. The average molecular weight is 518 g/mol. The summed E-state index contributed by atoms with van der Waals surface area (Å²) in [6.07, 6.45) is 5.90. The Labute approximate surface area is 214 Å². The van der Waals surface area contributed by atoms with Gasteiger partial charge in [-0.25, -0.2) is 9.36 Å². The number of carboxylic acids is 1. The fourth-order valence-corrected chi connectivity index (χ4v) is 6.29. The Bertz CT molecular complexity index is 1690. The first-order valence-electron chi connectivity index (χ1n) is 11.2. The molecule has 0 saturated carbocycles. The standard InChI is InChI=1S/C27H23N3O4S2/c1-17-23-25(33)29(16-22(31)32)27(34)30(15-19-7-3-4-8-21(19)35-2)26(23)36-24(17)18-9-11-20(12-10-18)28-13-5-6-14-28/h3-14H,15-16H2,1-2H3,(H,31,32). The lowest BCUT2D eigenvalue weighted by Gasteiger charge is -2.13. The molecule has 0 aliphatic carbocycles. The van der Waals surface area contributed by atoms with E-state index in [1.807, 2.05) is 90.8 Å². The summed E-state index contributed by atoms with van der Waals surface area (Å²) in [4.78, 5) is 40.8. The molecule has 0 aliphatic rings. The normalized spacial score (nSPS) is 11.3. The fraction of sp³-hybridized carbons (Fsp3) is 0.148. The van der Waals surface area contributed by atoms with Crippen molar-refractivity contribution in [2.24, 2.45) is 0 Å². The Morgan fingerprint density at radius 1 is 0.972 bits per heavy atom. The molecule has 0 aliphatic heterocycles. The number of thioether (sulfide) groups is 1. The number of aromatic nitrogens is 3. The predicted molar refractivity (Wildman–Crippen MR) is 145 cm³/mol. The van der Waals surface area contributed by atoms with Gasteiger partial charge in [-0.2, -0.15) is 0 Å². The Morgan fingerprint density at radius 2 is 1.67 bits per heavy atom. The van der Waals surface area contributed by atoms with Crippen LogP contribution in [-0.2, 0) is 17.9 Å². The summed E-state index contributed by atoms with van der Waals surface area (Å²) in [6.45, 7) is 1.40. The SMILES string of the molecule is CSc1ccccc1Cn1c(=O)n(CC(=O)O)c(=O)c2c(C)c(-c3ccc(-n4cccc4)cc3)sc21. The fourth-order valence-electron chi connectivity index (χ4n) is 4.38. The zero-order valence-electron chi connectivity index (χ0n) is 19.7. The smallest absolute Gasteiger partial charge is 0.332 e. The van der Waals surface area contributed by atoms with Gasteiger partial charge in [0, 0.05) is 27.9 Å². The van der Waals surface area contributed by atoms with Gasteiger partial charge in [0.15, 0.2) is 0 Å². The number of hydrogen-bond donors (Lipinski definition) is 1. The molecule has 0 bridgehead atoms. The first-order valence-corrected chi connectivity index (χ1v) is 13.3. The zero-order valence-corrected chi connectivity index (χ0v) is 21.3. The van der Waals surface area contributed by atoms with Crippen molar-refractivity contribution >= 4 is 39.3 Å². The number of thiophene rings is 1. The maximum Gasteiger partial charge on any atom is 0.332 e. The van der Waals surface area contributed by atoms with E-state index in [0.717, 1.165) is 36.7 Å². The summed E-state index contributed by atoms with van der Waals surface area (Å²) < 4.78 is 4.36. The van der Waals surface area contributed by atoms with Crippen LogP contribution in [0.15, 0.2) is 87.5 Å². The van der Waals surface area contributed by atoms with E-state index in [0.29, 0.717) is 10.2 Å². The van der Waals surface area contributed by atoms with Crippen LogP contribution in [0.5, 0.6) is 0 Å². The number of carbonyl (C=O) groups is 1. The van der Waals surface area contributed by atoms with Gasteiger partial charge in [-0.3, -0.25) is 14.2 Å². The zero-order chi connectivity index (χ0) is 25.4. The second kappa shape index (κ2) is 9.67. The Kier molecular flexibility index (Phi) is 6.42. The average Bonchev–Trinajstić information content (AvgIpc) is 3.53. The molecule has 3 heterocycles. The molecule has 0 unspecified atom stereocenters. The van der Waals surface area contributed by atoms with Crippen molar-refractivity contribution in [3.05, 3.63) is 105 Å². The Balaban J connectivity index is 1.72. The number of benzene rings is 2. The molecule has 0 saturated heterocycles. The molecule has 0 atom stereocenters. The largest absolute Gasteiger partial charge is 0.480 e. The molecule has 5 aromatic rings. The summed E-state index contributed by atoms with van der Waals surface area (Å²) in [5.74, 6) is -1.24. The van der Waals surface area contributed by atoms with E-state index in [2.05, 4.69) is 0 Å². The predicted octanol–water partition coefficient (Wildman–Crippen LogP) is 4.85. The summed E-state index contributed by atoms with van der Waals surface area (Å²) in [5, 5.41) is 9.78. The summed E-state index contributed by atoms with van der Waals surface area (Å²) >= 11 is 2.96. The van der Waals surface area contributed by atoms with E-state index >= 15 is 0 Å². The molecule has 2 aromatic carbocycles. The van der Waals surface area contributed by atoms with Crippen LogP contribution in [0.1, 0.15) is 11.1 Å². The van der Waals surface area contributed by atoms with Crippen molar-refractivity contribution in [2.45, 2.75) is 24.9 Å². The highest BCUT2D eigenvalue weighted by atomic mass is 32.2. The van der Waals surface area contributed by atoms with E-state index in [4.69, 9.17) is 0 Å². The van der Waals surface area contributed by atoms with Crippen molar-refractivity contribution < 1.29 is 9.90 Å². The van der Waals surface area contributed by atoms with Crippen LogP contribution in [0.2, 0.25) is 0 Å². The molecule has 7 nitrogen and oxygen atoms in total. The lowest BCUT2D eigenvalue weighted by molar-refractivity contribution is -0.137. The van der Waals surface area contributed by atoms with E-state index in [-0.39, 0.29) is 6.54 Å². The quantitative estimate of drug-likeness (QED) is 0.312. The van der Waals surface area contributed by atoms with Crippen LogP contribution in [-0.4, -0.2) is 31.0 Å². The van der Waals surface area contributed by atoms with Crippen LogP contribution in [0.4, 0.5) is 0 Å². The van der Waals surface area contributed by atoms with E-state index in [1.165, 1.54) is 15.9 Å². The number of rotatable bonds is 7. The van der Waals surface area contributed by atoms with Gasteiger partial charge in [0.1, 0.15) is 11.4 Å². The number of hydrogen-bond acceptors (Lipinski definition) is 5. The molecule has 9 heteroatoms.